The topological polar surface area (TPSA) is 60.2 Å². The predicted octanol–water partition coefficient (Wildman–Crippen LogP) is 2.91. The summed E-state index contributed by atoms with van der Waals surface area (Å²) in [4.78, 5) is 4.38. The van der Waals surface area contributed by atoms with Gasteiger partial charge in [-0.15, -0.1) is 0 Å². The fourth-order valence-corrected chi connectivity index (χ4v) is 2.88. The van der Waals surface area contributed by atoms with Crippen molar-refractivity contribution >= 4 is 11.5 Å². The average molecular weight is 249 g/mol. The van der Waals surface area contributed by atoms with E-state index in [1.807, 2.05) is 6.07 Å². The summed E-state index contributed by atoms with van der Waals surface area (Å²) in [6.45, 7) is 4.58. The molecule has 2 rings (SSSR count). The molecule has 3 N–H and O–H groups in total. The van der Waals surface area contributed by atoms with E-state index in [1.54, 1.807) is 13.2 Å². The van der Waals surface area contributed by atoms with Gasteiger partial charge in [-0.2, -0.15) is 4.98 Å². The van der Waals surface area contributed by atoms with E-state index in [2.05, 4.69) is 24.1 Å². The second-order valence-electron chi connectivity index (χ2n) is 5.15. The van der Waals surface area contributed by atoms with Crippen molar-refractivity contribution < 1.29 is 4.74 Å². The number of nitrogens with two attached hydrogens (primary N) is 1. The van der Waals surface area contributed by atoms with Crippen LogP contribution in [0.4, 0.5) is 11.5 Å². The van der Waals surface area contributed by atoms with Gasteiger partial charge in [0.25, 0.3) is 0 Å². The highest BCUT2D eigenvalue weighted by molar-refractivity contribution is 5.62. The molecule has 0 radical (unpaired) electrons. The fraction of sp³-hybridized carbons (Fsp3) is 0.643. The van der Waals surface area contributed by atoms with Crippen LogP contribution in [-0.4, -0.2) is 18.1 Å². The molecule has 0 amide bonds. The average Bonchev–Trinajstić information content (AvgIpc) is 2.73. The van der Waals surface area contributed by atoms with Gasteiger partial charge in [0, 0.05) is 12.1 Å². The number of nitrogens with one attached hydrogen (secondary N) is 1. The summed E-state index contributed by atoms with van der Waals surface area (Å²) in [6, 6.07) is 4.09. The maximum Gasteiger partial charge on any atom is 0.215 e. The smallest absolute Gasteiger partial charge is 0.215 e. The van der Waals surface area contributed by atoms with Crippen LogP contribution >= 0.6 is 0 Å². The molecule has 1 fully saturated rings. The summed E-state index contributed by atoms with van der Waals surface area (Å²) in [5, 5.41) is 3.48. The molecule has 3 unspecified atom stereocenters. The quantitative estimate of drug-likeness (QED) is 0.861. The van der Waals surface area contributed by atoms with E-state index in [0.717, 1.165) is 11.7 Å². The summed E-state index contributed by atoms with van der Waals surface area (Å²) in [5.74, 6) is 2.84. The van der Waals surface area contributed by atoms with Gasteiger partial charge in [-0.25, -0.2) is 0 Å². The third-order valence-electron chi connectivity index (χ3n) is 4.18. The second-order valence-corrected chi connectivity index (χ2v) is 5.15. The van der Waals surface area contributed by atoms with E-state index >= 15 is 0 Å². The lowest BCUT2D eigenvalue weighted by atomic mass is 9.93. The van der Waals surface area contributed by atoms with Crippen LogP contribution in [0.25, 0.3) is 0 Å². The lowest BCUT2D eigenvalue weighted by molar-refractivity contribution is 0.389. The molecule has 1 saturated carbocycles. The monoisotopic (exact) mass is 249 g/mol. The van der Waals surface area contributed by atoms with Crippen LogP contribution in [0, 0.1) is 11.8 Å². The van der Waals surface area contributed by atoms with Gasteiger partial charge in [0.1, 0.15) is 0 Å². The molecule has 0 saturated heterocycles. The Morgan fingerprint density at radius 2 is 2.22 bits per heavy atom. The number of anilines is 2. The van der Waals surface area contributed by atoms with E-state index in [0.29, 0.717) is 23.5 Å². The zero-order valence-corrected chi connectivity index (χ0v) is 11.4. The number of pyridine rings is 1. The van der Waals surface area contributed by atoms with E-state index in [-0.39, 0.29) is 0 Å². The summed E-state index contributed by atoms with van der Waals surface area (Å²) >= 11 is 0. The van der Waals surface area contributed by atoms with Crippen molar-refractivity contribution in [1.82, 2.24) is 4.98 Å². The number of nitrogens with zero attached hydrogens (tertiary/aromatic N) is 1. The lowest BCUT2D eigenvalue weighted by Gasteiger charge is -2.22. The van der Waals surface area contributed by atoms with Crippen molar-refractivity contribution in [3.05, 3.63) is 12.1 Å². The number of rotatable bonds is 4. The van der Waals surface area contributed by atoms with E-state index in [9.17, 15) is 0 Å². The lowest BCUT2D eigenvalue weighted by Crippen LogP contribution is -2.25. The van der Waals surface area contributed by atoms with Gasteiger partial charge in [-0.3, -0.25) is 0 Å². The highest BCUT2D eigenvalue weighted by Gasteiger charge is 2.31. The van der Waals surface area contributed by atoms with Crippen LogP contribution in [0.1, 0.15) is 33.1 Å². The van der Waals surface area contributed by atoms with E-state index in [4.69, 9.17) is 10.5 Å². The molecule has 18 heavy (non-hydrogen) atoms. The highest BCUT2D eigenvalue weighted by Crippen LogP contribution is 2.36. The summed E-state index contributed by atoms with van der Waals surface area (Å²) in [5.41, 5.74) is 6.64. The van der Waals surface area contributed by atoms with Gasteiger partial charge < -0.3 is 15.8 Å². The molecule has 1 aliphatic rings. The third-order valence-corrected chi connectivity index (χ3v) is 4.18. The maximum atomic E-state index is 5.95. The second kappa shape index (κ2) is 5.46. The molecule has 0 aliphatic heterocycles. The zero-order valence-electron chi connectivity index (χ0n) is 11.4. The molecule has 1 aromatic heterocycles. The van der Waals surface area contributed by atoms with Gasteiger partial charge in [0.15, 0.2) is 5.82 Å². The molecule has 0 aromatic carbocycles. The van der Waals surface area contributed by atoms with Crippen molar-refractivity contribution in [3.63, 3.8) is 0 Å². The Bertz CT molecular complexity index is 408. The van der Waals surface area contributed by atoms with Crippen molar-refractivity contribution in [2.45, 2.75) is 39.2 Å². The number of ether oxygens (including phenoxy) is 1. The zero-order chi connectivity index (χ0) is 13.1. The van der Waals surface area contributed by atoms with Gasteiger partial charge >= 0.3 is 0 Å². The van der Waals surface area contributed by atoms with Gasteiger partial charge in [0.05, 0.1) is 12.8 Å². The third kappa shape index (κ3) is 2.52. The van der Waals surface area contributed by atoms with Gasteiger partial charge in [0.2, 0.25) is 5.88 Å². The van der Waals surface area contributed by atoms with Gasteiger partial charge in [-0.05, 0) is 30.7 Å². The first-order valence-electron chi connectivity index (χ1n) is 6.72. The Balaban J connectivity index is 2.10. The number of hydrogen-bond donors (Lipinski definition) is 2. The molecule has 1 aliphatic carbocycles. The number of hydrogen-bond acceptors (Lipinski definition) is 4. The molecule has 4 heteroatoms. The highest BCUT2D eigenvalue weighted by atomic mass is 16.5. The fourth-order valence-electron chi connectivity index (χ4n) is 2.88. The minimum Gasteiger partial charge on any atom is -0.481 e. The maximum absolute atomic E-state index is 5.95. The molecule has 3 atom stereocenters. The van der Waals surface area contributed by atoms with Crippen LogP contribution in [-0.2, 0) is 0 Å². The first-order chi connectivity index (χ1) is 8.65. The van der Waals surface area contributed by atoms with Crippen LogP contribution in [0.3, 0.4) is 0 Å². The molecule has 100 valence electrons. The summed E-state index contributed by atoms with van der Waals surface area (Å²) in [6.07, 6.45) is 3.73. The molecular weight excluding hydrogens is 226 g/mol. The van der Waals surface area contributed by atoms with Crippen molar-refractivity contribution in [2.75, 3.05) is 18.2 Å². The van der Waals surface area contributed by atoms with E-state index < -0.39 is 0 Å². The van der Waals surface area contributed by atoms with Crippen molar-refractivity contribution in [3.8, 4) is 5.88 Å². The van der Waals surface area contributed by atoms with Gasteiger partial charge in [-0.1, -0.05) is 20.3 Å². The van der Waals surface area contributed by atoms with Crippen molar-refractivity contribution in [2.24, 2.45) is 11.8 Å². The summed E-state index contributed by atoms with van der Waals surface area (Å²) in [7, 11) is 1.62. The summed E-state index contributed by atoms with van der Waals surface area (Å²) < 4.78 is 5.14. The Hall–Kier alpha value is -1.45. The van der Waals surface area contributed by atoms with Crippen LogP contribution < -0.4 is 15.8 Å². The minimum atomic E-state index is 0.469. The molecule has 4 nitrogen and oxygen atoms in total. The Morgan fingerprint density at radius 3 is 2.83 bits per heavy atom. The molecule has 1 aromatic rings. The van der Waals surface area contributed by atoms with Crippen LogP contribution in [0.15, 0.2) is 12.1 Å². The normalized spacial score (nSPS) is 27.2. The SMILES string of the molecule is CCC1CCC(Nc2nc(OC)ccc2N)C1C. The number of aromatic nitrogens is 1. The van der Waals surface area contributed by atoms with Crippen LogP contribution in [0.2, 0.25) is 0 Å². The van der Waals surface area contributed by atoms with Crippen molar-refractivity contribution in [1.29, 1.82) is 0 Å². The Labute approximate surface area is 109 Å². The molecule has 0 bridgehead atoms. The molecule has 1 heterocycles. The number of methoxy groups -OCH3 is 1. The largest absolute Gasteiger partial charge is 0.481 e. The molecular formula is C14H23N3O. The minimum absolute atomic E-state index is 0.469. The first-order valence-corrected chi connectivity index (χ1v) is 6.72. The van der Waals surface area contributed by atoms with E-state index in [1.165, 1.54) is 19.3 Å². The Morgan fingerprint density at radius 1 is 1.44 bits per heavy atom. The molecule has 0 spiro atoms. The Kier molecular flexibility index (Phi) is 3.94. The standard InChI is InChI=1S/C14H23N3O/c1-4-10-5-7-12(9(10)2)16-14-11(15)6-8-13(17-14)18-3/h6,8-10,12H,4-5,7,15H2,1-3H3,(H,16,17). The number of nitrogen functional groups attached to an aromatic ring is 1. The predicted molar refractivity (Wildman–Crippen MR) is 74.8 cm³/mol. The van der Waals surface area contributed by atoms with Crippen LogP contribution in [0.5, 0.6) is 5.88 Å². The first kappa shape index (κ1) is 13.0.